The van der Waals surface area contributed by atoms with Crippen LogP contribution in [0.1, 0.15) is 23.7 Å². The van der Waals surface area contributed by atoms with Crippen LogP contribution in [0.2, 0.25) is 0 Å². The predicted molar refractivity (Wildman–Crippen MR) is 79.6 cm³/mol. The van der Waals surface area contributed by atoms with Gasteiger partial charge in [0.1, 0.15) is 12.4 Å². The van der Waals surface area contributed by atoms with Gasteiger partial charge in [0.2, 0.25) is 0 Å². The van der Waals surface area contributed by atoms with Crippen molar-refractivity contribution >= 4 is 0 Å². The Morgan fingerprint density at radius 2 is 1.86 bits per heavy atom. The second kappa shape index (κ2) is 6.43. The second-order valence-electron chi connectivity index (χ2n) is 5.16. The molecule has 1 aliphatic rings. The van der Waals surface area contributed by atoms with Crippen LogP contribution >= 0.6 is 0 Å². The quantitative estimate of drug-likeness (QED) is 0.853. The van der Waals surface area contributed by atoms with Gasteiger partial charge in [-0.1, -0.05) is 42.5 Å². The molecule has 2 aromatic rings. The smallest absolute Gasteiger partial charge is 0.119 e. The van der Waals surface area contributed by atoms with Crippen molar-refractivity contribution in [1.29, 1.82) is 5.26 Å². The van der Waals surface area contributed by atoms with Crippen LogP contribution in [0.4, 0.5) is 0 Å². The fourth-order valence-corrected chi connectivity index (χ4v) is 2.54. The largest absolute Gasteiger partial charge is 0.489 e. The molecular formula is C18H17NO2. The molecule has 0 aliphatic carbocycles. The van der Waals surface area contributed by atoms with Crippen LogP contribution in [0, 0.1) is 17.2 Å². The van der Waals surface area contributed by atoms with E-state index in [4.69, 9.17) is 14.7 Å². The fraction of sp³-hybridized carbons (Fsp3) is 0.278. The van der Waals surface area contributed by atoms with E-state index in [-0.39, 0.29) is 12.0 Å². The first kappa shape index (κ1) is 13.7. The van der Waals surface area contributed by atoms with Crippen molar-refractivity contribution in [2.45, 2.75) is 19.1 Å². The van der Waals surface area contributed by atoms with E-state index in [9.17, 15) is 0 Å². The van der Waals surface area contributed by atoms with Crippen molar-refractivity contribution in [3.63, 3.8) is 0 Å². The van der Waals surface area contributed by atoms with E-state index >= 15 is 0 Å². The van der Waals surface area contributed by atoms with E-state index in [0.717, 1.165) is 23.3 Å². The molecule has 1 aliphatic heterocycles. The van der Waals surface area contributed by atoms with Crippen molar-refractivity contribution < 1.29 is 9.47 Å². The molecule has 106 valence electrons. The third-order valence-corrected chi connectivity index (χ3v) is 3.71. The van der Waals surface area contributed by atoms with Crippen molar-refractivity contribution in [3.05, 3.63) is 65.7 Å². The van der Waals surface area contributed by atoms with Gasteiger partial charge in [-0.15, -0.1) is 0 Å². The van der Waals surface area contributed by atoms with E-state index in [1.165, 1.54) is 0 Å². The third-order valence-electron chi connectivity index (χ3n) is 3.71. The summed E-state index contributed by atoms with van der Waals surface area (Å²) in [6.45, 7) is 1.22. The lowest BCUT2D eigenvalue weighted by Crippen LogP contribution is -2.05. The number of nitriles is 1. The molecule has 21 heavy (non-hydrogen) atoms. The number of benzene rings is 2. The number of hydrogen-bond acceptors (Lipinski definition) is 3. The minimum absolute atomic E-state index is 0.0407. The lowest BCUT2D eigenvalue weighted by atomic mass is 9.97. The van der Waals surface area contributed by atoms with Crippen LogP contribution < -0.4 is 4.74 Å². The molecule has 2 unspecified atom stereocenters. The number of nitrogens with zero attached hydrogens (tertiary/aromatic N) is 1. The summed E-state index contributed by atoms with van der Waals surface area (Å²) >= 11 is 0. The maximum atomic E-state index is 9.11. The van der Waals surface area contributed by atoms with Gasteiger partial charge < -0.3 is 9.47 Å². The molecule has 3 rings (SSSR count). The molecule has 3 nitrogen and oxygen atoms in total. The van der Waals surface area contributed by atoms with Gasteiger partial charge in [-0.05, 0) is 29.7 Å². The van der Waals surface area contributed by atoms with Crippen LogP contribution in [0.25, 0.3) is 0 Å². The van der Waals surface area contributed by atoms with E-state index in [1.54, 1.807) is 0 Å². The maximum absolute atomic E-state index is 9.11. The highest BCUT2D eigenvalue weighted by atomic mass is 16.5. The van der Waals surface area contributed by atoms with Crippen molar-refractivity contribution in [1.82, 2.24) is 0 Å². The van der Waals surface area contributed by atoms with Crippen molar-refractivity contribution in [3.8, 4) is 11.8 Å². The van der Waals surface area contributed by atoms with E-state index < -0.39 is 0 Å². The molecule has 0 bridgehead atoms. The minimum atomic E-state index is -0.0989. The van der Waals surface area contributed by atoms with Gasteiger partial charge in [0.15, 0.2) is 0 Å². The minimum Gasteiger partial charge on any atom is -0.489 e. The van der Waals surface area contributed by atoms with E-state index in [1.807, 2.05) is 54.6 Å². The summed E-state index contributed by atoms with van der Waals surface area (Å²) in [6, 6.07) is 20.2. The number of rotatable bonds is 4. The average Bonchev–Trinajstić information content (AvgIpc) is 3.03. The molecular weight excluding hydrogens is 262 g/mol. The summed E-state index contributed by atoms with van der Waals surface area (Å²) in [5.74, 6) is 0.787. The molecule has 0 radical (unpaired) electrons. The highest BCUT2D eigenvalue weighted by Crippen LogP contribution is 2.34. The Kier molecular flexibility index (Phi) is 4.18. The number of ether oxygens (including phenoxy) is 2. The zero-order chi connectivity index (χ0) is 14.5. The Labute approximate surface area is 124 Å². The molecule has 0 saturated carbocycles. The SMILES string of the molecule is N#CC1CCOC1c1ccc(OCc2ccccc2)cc1. The molecule has 2 aromatic carbocycles. The van der Waals surface area contributed by atoms with Gasteiger partial charge in [0.25, 0.3) is 0 Å². The predicted octanol–water partition coefficient (Wildman–Crippen LogP) is 3.87. The molecule has 1 saturated heterocycles. The second-order valence-corrected chi connectivity index (χ2v) is 5.16. The zero-order valence-electron chi connectivity index (χ0n) is 11.7. The highest BCUT2D eigenvalue weighted by molar-refractivity contribution is 5.30. The van der Waals surface area contributed by atoms with Gasteiger partial charge in [0.05, 0.1) is 18.1 Å². The van der Waals surface area contributed by atoms with Crippen LogP contribution in [0.3, 0.4) is 0 Å². The van der Waals surface area contributed by atoms with Crippen molar-refractivity contribution in [2.75, 3.05) is 6.61 Å². The van der Waals surface area contributed by atoms with Crippen LogP contribution in [-0.4, -0.2) is 6.61 Å². The molecule has 1 fully saturated rings. The Bertz CT molecular complexity index is 616. The first-order valence-electron chi connectivity index (χ1n) is 7.15. The number of hydrogen-bond donors (Lipinski definition) is 0. The van der Waals surface area contributed by atoms with Crippen LogP contribution in [0.5, 0.6) is 5.75 Å². The normalized spacial score (nSPS) is 20.9. The fourth-order valence-electron chi connectivity index (χ4n) is 2.54. The van der Waals surface area contributed by atoms with E-state index in [2.05, 4.69) is 6.07 Å². The zero-order valence-corrected chi connectivity index (χ0v) is 11.7. The molecule has 0 aromatic heterocycles. The summed E-state index contributed by atoms with van der Waals surface area (Å²) < 4.78 is 11.4. The lowest BCUT2D eigenvalue weighted by Gasteiger charge is -2.14. The Morgan fingerprint density at radius 1 is 1.10 bits per heavy atom. The molecule has 1 heterocycles. The van der Waals surface area contributed by atoms with Gasteiger partial charge in [-0.2, -0.15) is 5.26 Å². The molecule has 0 spiro atoms. The van der Waals surface area contributed by atoms with Gasteiger partial charge in [-0.25, -0.2) is 0 Å². The van der Waals surface area contributed by atoms with Crippen LogP contribution in [-0.2, 0) is 11.3 Å². The standard InChI is InChI=1S/C18H17NO2/c19-12-16-10-11-20-18(16)15-6-8-17(9-7-15)21-13-14-4-2-1-3-5-14/h1-9,16,18H,10-11,13H2. The van der Waals surface area contributed by atoms with Crippen LogP contribution in [0.15, 0.2) is 54.6 Å². The van der Waals surface area contributed by atoms with Gasteiger partial charge >= 0.3 is 0 Å². The first-order valence-corrected chi connectivity index (χ1v) is 7.15. The topological polar surface area (TPSA) is 42.2 Å². The molecule has 2 atom stereocenters. The van der Waals surface area contributed by atoms with E-state index in [0.29, 0.717) is 13.2 Å². The molecule has 0 N–H and O–H groups in total. The Morgan fingerprint density at radius 3 is 2.57 bits per heavy atom. The highest BCUT2D eigenvalue weighted by Gasteiger charge is 2.29. The summed E-state index contributed by atoms with van der Waals surface area (Å²) in [5.41, 5.74) is 2.19. The summed E-state index contributed by atoms with van der Waals surface area (Å²) in [7, 11) is 0. The summed E-state index contributed by atoms with van der Waals surface area (Å²) in [4.78, 5) is 0. The summed E-state index contributed by atoms with van der Waals surface area (Å²) in [5, 5.41) is 9.11. The lowest BCUT2D eigenvalue weighted by molar-refractivity contribution is 0.101. The first-order chi connectivity index (χ1) is 10.4. The van der Waals surface area contributed by atoms with Crippen molar-refractivity contribution in [2.24, 2.45) is 5.92 Å². The Balaban J connectivity index is 1.63. The summed E-state index contributed by atoms with van der Waals surface area (Å²) in [6.07, 6.45) is 0.714. The van der Waals surface area contributed by atoms with Gasteiger partial charge in [0, 0.05) is 6.61 Å². The Hall–Kier alpha value is -2.31. The maximum Gasteiger partial charge on any atom is 0.119 e. The average molecular weight is 279 g/mol. The molecule has 0 amide bonds. The van der Waals surface area contributed by atoms with Gasteiger partial charge in [-0.3, -0.25) is 0 Å². The monoisotopic (exact) mass is 279 g/mol. The molecule has 3 heteroatoms. The third kappa shape index (κ3) is 3.24.